The first-order valence-electron chi connectivity index (χ1n) is 4.79. The summed E-state index contributed by atoms with van der Waals surface area (Å²) in [7, 11) is 0. The van der Waals surface area contributed by atoms with Crippen molar-refractivity contribution in [2.24, 2.45) is 5.92 Å². The number of hydrogen-bond donors (Lipinski definition) is 1. The lowest BCUT2D eigenvalue weighted by molar-refractivity contribution is -0.385. The quantitative estimate of drug-likeness (QED) is 0.617. The van der Waals surface area contributed by atoms with Crippen molar-refractivity contribution >= 4 is 11.5 Å². The van der Waals surface area contributed by atoms with Gasteiger partial charge in [0.25, 0.3) is 5.69 Å². The molecule has 0 fully saturated rings. The third-order valence-electron chi connectivity index (χ3n) is 2.07. The summed E-state index contributed by atoms with van der Waals surface area (Å²) < 4.78 is 0. The summed E-state index contributed by atoms with van der Waals surface area (Å²) >= 11 is 0. The largest absolute Gasteiger partial charge is 0.369 e. The van der Waals surface area contributed by atoms with E-state index in [0.29, 0.717) is 17.9 Å². The summed E-state index contributed by atoms with van der Waals surface area (Å²) in [6.07, 6.45) is 1.20. The van der Waals surface area contributed by atoms with Gasteiger partial charge in [-0.15, -0.1) is 0 Å². The van der Waals surface area contributed by atoms with E-state index in [1.807, 2.05) is 0 Å². The molecule has 0 spiro atoms. The van der Waals surface area contributed by atoms with Crippen molar-refractivity contribution < 1.29 is 4.92 Å². The van der Waals surface area contributed by atoms with Crippen LogP contribution in [-0.4, -0.2) is 16.5 Å². The minimum atomic E-state index is -0.484. The molecule has 0 saturated heterocycles. The van der Waals surface area contributed by atoms with E-state index in [1.54, 1.807) is 13.8 Å². The van der Waals surface area contributed by atoms with Crippen molar-refractivity contribution in [1.82, 2.24) is 4.98 Å². The topological polar surface area (TPSA) is 91.8 Å². The van der Waals surface area contributed by atoms with E-state index in [1.165, 1.54) is 12.3 Å². The van der Waals surface area contributed by atoms with E-state index in [-0.39, 0.29) is 11.6 Å². The lowest BCUT2D eigenvalue weighted by Crippen LogP contribution is -2.11. The Bertz CT molecular complexity index is 439. The van der Waals surface area contributed by atoms with Gasteiger partial charge in [0.15, 0.2) is 0 Å². The Balaban J connectivity index is 2.76. The number of aromatic nitrogens is 1. The van der Waals surface area contributed by atoms with Gasteiger partial charge in [-0.05, 0) is 19.4 Å². The first-order chi connectivity index (χ1) is 7.54. The number of aryl methyl sites for hydroxylation is 1. The Hall–Kier alpha value is -2.16. The molecule has 84 valence electrons. The van der Waals surface area contributed by atoms with Crippen molar-refractivity contribution in [3.05, 3.63) is 27.9 Å². The fourth-order valence-corrected chi connectivity index (χ4v) is 1.14. The van der Waals surface area contributed by atoms with E-state index >= 15 is 0 Å². The molecule has 1 aromatic rings. The predicted molar refractivity (Wildman–Crippen MR) is 58.9 cm³/mol. The SMILES string of the molecule is Cc1cc([N+](=O)[O-])cnc1NCC(C)C#N. The Morgan fingerprint density at radius 1 is 1.75 bits per heavy atom. The van der Waals surface area contributed by atoms with Gasteiger partial charge in [-0.2, -0.15) is 5.26 Å². The van der Waals surface area contributed by atoms with Crippen LogP contribution in [0.25, 0.3) is 0 Å². The molecule has 1 heterocycles. The second-order valence-electron chi connectivity index (χ2n) is 3.53. The highest BCUT2D eigenvalue weighted by molar-refractivity contribution is 5.48. The molecule has 0 aliphatic carbocycles. The van der Waals surface area contributed by atoms with Gasteiger partial charge in [0, 0.05) is 12.6 Å². The van der Waals surface area contributed by atoms with Crippen LogP contribution < -0.4 is 5.32 Å². The van der Waals surface area contributed by atoms with Crippen LogP contribution in [-0.2, 0) is 0 Å². The molecule has 0 bridgehead atoms. The summed E-state index contributed by atoms with van der Waals surface area (Å²) in [5, 5.41) is 22.1. The molecule has 6 nitrogen and oxygen atoms in total. The molecule has 1 rings (SSSR count). The molecule has 1 aromatic heterocycles. The number of pyridine rings is 1. The minimum absolute atomic E-state index is 0.0311. The second-order valence-corrected chi connectivity index (χ2v) is 3.53. The van der Waals surface area contributed by atoms with Gasteiger partial charge in [-0.25, -0.2) is 4.98 Å². The van der Waals surface area contributed by atoms with Gasteiger partial charge < -0.3 is 5.32 Å². The molecule has 1 unspecified atom stereocenters. The summed E-state index contributed by atoms with van der Waals surface area (Å²) in [6.45, 7) is 4.00. The number of anilines is 1. The fraction of sp³-hybridized carbons (Fsp3) is 0.400. The van der Waals surface area contributed by atoms with Crippen molar-refractivity contribution in [1.29, 1.82) is 5.26 Å². The smallest absolute Gasteiger partial charge is 0.287 e. The maximum Gasteiger partial charge on any atom is 0.287 e. The molecule has 0 saturated carbocycles. The number of rotatable bonds is 4. The van der Waals surface area contributed by atoms with Crippen LogP contribution in [0.5, 0.6) is 0 Å². The summed E-state index contributed by atoms with van der Waals surface area (Å²) in [5.41, 5.74) is 0.663. The average molecular weight is 220 g/mol. The Kier molecular flexibility index (Phi) is 3.78. The van der Waals surface area contributed by atoms with E-state index in [0.717, 1.165) is 0 Å². The van der Waals surface area contributed by atoms with Gasteiger partial charge in [0.05, 0.1) is 16.9 Å². The number of nitrogens with zero attached hydrogens (tertiary/aromatic N) is 3. The number of nitrogens with one attached hydrogen (secondary N) is 1. The predicted octanol–water partition coefficient (Wildman–Crippen LogP) is 1.87. The third-order valence-corrected chi connectivity index (χ3v) is 2.07. The molecular formula is C10H12N4O2. The summed E-state index contributed by atoms with van der Waals surface area (Å²) in [6, 6.07) is 3.54. The number of nitriles is 1. The third kappa shape index (κ3) is 2.92. The molecule has 0 amide bonds. The van der Waals surface area contributed by atoms with E-state index in [9.17, 15) is 10.1 Å². The van der Waals surface area contributed by atoms with Crippen LogP contribution >= 0.6 is 0 Å². The minimum Gasteiger partial charge on any atom is -0.369 e. The van der Waals surface area contributed by atoms with E-state index in [4.69, 9.17) is 5.26 Å². The molecule has 0 radical (unpaired) electrons. The van der Waals surface area contributed by atoms with E-state index < -0.39 is 4.92 Å². The zero-order valence-corrected chi connectivity index (χ0v) is 9.10. The van der Waals surface area contributed by atoms with Crippen molar-refractivity contribution in [2.45, 2.75) is 13.8 Å². The molecule has 0 aromatic carbocycles. The molecule has 1 N–H and O–H groups in total. The maximum absolute atomic E-state index is 10.5. The standard InChI is InChI=1S/C10H12N4O2/c1-7(4-11)5-12-10-8(2)3-9(6-13-10)14(15)16/h3,6-7H,5H2,1-2H3,(H,12,13). The van der Waals surface area contributed by atoms with E-state index in [2.05, 4.69) is 16.4 Å². The second kappa shape index (κ2) is 5.07. The monoisotopic (exact) mass is 220 g/mol. The van der Waals surface area contributed by atoms with Crippen LogP contribution in [0.2, 0.25) is 0 Å². The highest BCUT2D eigenvalue weighted by Gasteiger charge is 2.09. The van der Waals surface area contributed by atoms with Gasteiger partial charge in [-0.1, -0.05) is 0 Å². The molecule has 0 aliphatic rings. The first-order valence-corrected chi connectivity index (χ1v) is 4.79. The van der Waals surface area contributed by atoms with Gasteiger partial charge in [-0.3, -0.25) is 10.1 Å². The molecule has 16 heavy (non-hydrogen) atoms. The number of hydrogen-bond acceptors (Lipinski definition) is 5. The van der Waals surface area contributed by atoms with Crippen LogP contribution in [0, 0.1) is 34.3 Å². The zero-order chi connectivity index (χ0) is 12.1. The van der Waals surface area contributed by atoms with Crippen LogP contribution in [0.15, 0.2) is 12.3 Å². The lowest BCUT2D eigenvalue weighted by atomic mass is 10.2. The molecule has 1 atom stereocenters. The summed E-state index contributed by atoms with van der Waals surface area (Å²) in [4.78, 5) is 13.9. The summed E-state index contributed by atoms with van der Waals surface area (Å²) in [5.74, 6) is 0.448. The average Bonchev–Trinajstić information content (AvgIpc) is 2.26. The van der Waals surface area contributed by atoms with Crippen molar-refractivity contribution in [3.8, 4) is 6.07 Å². The Labute approximate surface area is 93.1 Å². The highest BCUT2D eigenvalue weighted by atomic mass is 16.6. The van der Waals surface area contributed by atoms with Crippen LogP contribution in [0.3, 0.4) is 0 Å². The highest BCUT2D eigenvalue weighted by Crippen LogP contribution is 2.17. The normalized spacial score (nSPS) is 11.6. The molecular weight excluding hydrogens is 208 g/mol. The van der Waals surface area contributed by atoms with Crippen molar-refractivity contribution in [2.75, 3.05) is 11.9 Å². The van der Waals surface area contributed by atoms with Gasteiger partial charge in [0.1, 0.15) is 12.0 Å². The molecule has 0 aliphatic heterocycles. The van der Waals surface area contributed by atoms with Gasteiger partial charge >= 0.3 is 0 Å². The Morgan fingerprint density at radius 3 is 2.94 bits per heavy atom. The lowest BCUT2D eigenvalue weighted by Gasteiger charge is -2.08. The zero-order valence-electron chi connectivity index (χ0n) is 9.10. The first kappa shape index (κ1) is 11.9. The van der Waals surface area contributed by atoms with Crippen molar-refractivity contribution in [3.63, 3.8) is 0 Å². The van der Waals surface area contributed by atoms with Gasteiger partial charge in [0.2, 0.25) is 0 Å². The maximum atomic E-state index is 10.5. The van der Waals surface area contributed by atoms with Crippen LogP contribution in [0.4, 0.5) is 11.5 Å². The molecule has 6 heteroatoms. The van der Waals surface area contributed by atoms with Crippen LogP contribution in [0.1, 0.15) is 12.5 Å². The number of nitro groups is 1. The fourth-order valence-electron chi connectivity index (χ4n) is 1.14. The Morgan fingerprint density at radius 2 is 2.44 bits per heavy atom.